The lowest BCUT2D eigenvalue weighted by molar-refractivity contribution is -0.123. The van der Waals surface area contributed by atoms with Crippen molar-refractivity contribution in [3.63, 3.8) is 0 Å². The van der Waals surface area contributed by atoms with Crippen LogP contribution in [0.2, 0.25) is 0 Å². The van der Waals surface area contributed by atoms with Crippen molar-refractivity contribution in [3.05, 3.63) is 22.8 Å². The second-order valence-corrected chi connectivity index (χ2v) is 4.56. The van der Waals surface area contributed by atoms with Crippen LogP contribution in [-0.4, -0.2) is 24.1 Å². The molecule has 1 amide bonds. The first-order chi connectivity index (χ1) is 7.75. The van der Waals surface area contributed by atoms with Gasteiger partial charge in [0.1, 0.15) is 10.4 Å². The molecule has 1 aromatic rings. The molecule has 0 aromatic carbocycles. The Kier molecular flexibility index (Phi) is 3.90. The van der Waals surface area contributed by atoms with E-state index in [-0.39, 0.29) is 11.8 Å². The highest BCUT2D eigenvalue weighted by Gasteiger charge is 2.21. The summed E-state index contributed by atoms with van der Waals surface area (Å²) in [5.74, 6) is 0.518. The molecule has 1 saturated heterocycles. The predicted octanol–water partition coefficient (Wildman–Crippen LogP) is 2.21. The Morgan fingerprint density at radius 1 is 1.56 bits per heavy atom. The number of rotatable bonds is 2. The molecule has 0 aliphatic carbocycles. The van der Waals surface area contributed by atoms with Crippen LogP contribution in [0, 0.1) is 5.92 Å². The second kappa shape index (κ2) is 5.41. The molecule has 86 valence electrons. The Bertz CT molecular complexity index is 378. The van der Waals surface area contributed by atoms with Gasteiger partial charge in [0.25, 0.3) is 0 Å². The molecule has 0 radical (unpaired) electrons. The Hall–Kier alpha value is -0.940. The van der Waals surface area contributed by atoms with Crippen molar-refractivity contribution in [1.29, 1.82) is 0 Å². The summed E-state index contributed by atoms with van der Waals surface area (Å²) >= 11 is 3.26. The van der Waals surface area contributed by atoms with Crippen molar-refractivity contribution < 1.29 is 9.53 Å². The first kappa shape index (κ1) is 11.5. The predicted molar refractivity (Wildman–Crippen MR) is 64.1 cm³/mol. The number of nitrogens with one attached hydrogen (secondary N) is 1. The normalized spacial score (nSPS) is 20.4. The van der Waals surface area contributed by atoms with E-state index >= 15 is 0 Å². The van der Waals surface area contributed by atoms with E-state index in [9.17, 15) is 4.79 Å². The molecule has 5 heteroatoms. The molecule has 1 aromatic heterocycles. The number of hydrogen-bond acceptors (Lipinski definition) is 3. The van der Waals surface area contributed by atoms with Crippen molar-refractivity contribution >= 4 is 27.7 Å². The average molecular weight is 285 g/mol. The molecule has 1 fully saturated rings. The van der Waals surface area contributed by atoms with E-state index in [4.69, 9.17) is 4.74 Å². The summed E-state index contributed by atoms with van der Waals surface area (Å²) in [4.78, 5) is 16.0. The van der Waals surface area contributed by atoms with Crippen LogP contribution >= 0.6 is 15.9 Å². The van der Waals surface area contributed by atoms with Gasteiger partial charge in [-0.15, -0.1) is 0 Å². The summed E-state index contributed by atoms with van der Waals surface area (Å²) in [7, 11) is 0. The largest absolute Gasteiger partial charge is 0.381 e. The maximum Gasteiger partial charge on any atom is 0.230 e. The minimum atomic E-state index is -0.0467. The van der Waals surface area contributed by atoms with Gasteiger partial charge in [-0.2, -0.15) is 0 Å². The summed E-state index contributed by atoms with van der Waals surface area (Å²) in [6.45, 7) is 1.28. The third-order valence-corrected chi connectivity index (χ3v) is 2.94. The summed E-state index contributed by atoms with van der Waals surface area (Å²) in [5.41, 5.74) is 0. The Labute approximate surface area is 103 Å². The number of carbonyl (C=O) groups is 1. The van der Waals surface area contributed by atoms with Crippen molar-refractivity contribution in [3.8, 4) is 0 Å². The van der Waals surface area contributed by atoms with Crippen molar-refractivity contribution in [2.75, 3.05) is 18.5 Å². The molecule has 16 heavy (non-hydrogen) atoms. The maximum atomic E-state index is 11.8. The van der Waals surface area contributed by atoms with Crippen LogP contribution in [0.5, 0.6) is 0 Å². The number of amides is 1. The Morgan fingerprint density at radius 3 is 3.12 bits per heavy atom. The van der Waals surface area contributed by atoms with Crippen molar-refractivity contribution in [1.82, 2.24) is 4.98 Å². The number of aromatic nitrogens is 1. The zero-order valence-corrected chi connectivity index (χ0v) is 10.4. The van der Waals surface area contributed by atoms with Crippen molar-refractivity contribution in [2.45, 2.75) is 12.8 Å². The van der Waals surface area contributed by atoms with E-state index in [0.717, 1.165) is 19.4 Å². The minimum absolute atomic E-state index is 0.00898. The Morgan fingerprint density at radius 2 is 2.44 bits per heavy atom. The van der Waals surface area contributed by atoms with E-state index in [2.05, 4.69) is 26.2 Å². The zero-order chi connectivity index (χ0) is 11.4. The number of ether oxygens (including phenoxy) is 1. The number of hydrogen-bond donors (Lipinski definition) is 1. The fourth-order valence-electron chi connectivity index (χ4n) is 1.65. The minimum Gasteiger partial charge on any atom is -0.381 e. The van der Waals surface area contributed by atoms with Crippen LogP contribution in [0.25, 0.3) is 0 Å². The molecular weight excluding hydrogens is 272 g/mol. The molecule has 0 saturated carbocycles. The molecule has 2 rings (SSSR count). The standard InChI is InChI=1S/C11H13BrN2O2/c12-9-4-1-5-10(13-9)14-11(15)8-3-2-6-16-7-8/h1,4-5,8H,2-3,6-7H2,(H,13,14,15)/t8-/m0/s1. The third-order valence-electron chi connectivity index (χ3n) is 2.50. The zero-order valence-electron chi connectivity index (χ0n) is 8.78. The van der Waals surface area contributed by atoms with Crippen molar-refractivity contribution in [2.24, 2.45) is 5.92 Å². The van der Waals surface area contributed by atoms with E-state index in [1.54, 1.807) is 6.07 Å². The summed E-state index contributed by atoms with van der Waals surface area (Å²) < 4.78 is 5.99. The first-order valence-corrected chi connectivity index (χ1v) is 6.06. The lowest BCUT2D eigenvalue weighted by atomic mass is 10.0. The fourth-order valence-corrected chi connectivity index (χ4v) is 2.00. The van der Waals surface area contributed by atoms with Gasteiger partial charge in [-0.25, -0.2) is 4.98 Å². The first-order valence-electron chi connectivity index (χ1n) is 5.27. The van der Waals surface area contributed by atoms with Gasteiger partial charge in [-0.1, -0.05) is 6.07 Å². The van der Waals surface area contributed by atoms with Crippen LogP contribution in [0.3, 0.4) is 0 Å². The van der Waals surface area contributed by atoms with Crippen LogP contribution < -0.4 is 5.32 Å². The second-order valence-electron chi connectivity index (χ2n) is 3.75. The lowest BCUT2D eigenvalue weighted by Crippen LogP contribution is -2.30. The average Bonchev–Trinajstić information content (AvgIpc) is 2.30. The summed E-state index contributed by atoms with van der Waals surface area (Å²) in [5, 5.41) is 2.79. The SMILES string of the molecule is O=C(Nc1cccc(Br)n1)[C@H]1CCCOC1. The van der Waals surface area contributed by atoms with Crippen LogP contribution in [0.1, 0.15) is 12.8 Å². The van der Waals surface area contributed by atoms with E-state index in [1.165, 1.54) is 0 Å². The highest BCUT2D eigenvalue weighted by atomic mass is 79.9. The Balaban J connectivity index is 1.96. The van der Waals surface area contributed by atoms with E-state index in [1.807, 2.05) is 12.1 Å². The molecule has 1 aliphatic rings. The van der Waals surface area contributed by atoms with Gasteiger partial charge in [0.2, 0.25) is 5.91 Å². The van der Waals surface area contributed by atoms with E-state index in [0.29, 0.717) is 17.0 Å². The molecule has 0 spiro atoms. The van der Waals surface area contributed by atoms with Gasteiger partial charge in [0.05, 0.1) is 12.5 Å². The number of carbonyl (C=O) groups excluding carboxylic acids is 1. The smallest absolute Gasteiger partial charge is 0.230 e. The van der Waals surface area contributed by atoms with Gasteiger partial charge < -0.3 is 10.1 Å². The highest BCUT2D eigenvalue weighted by molar-refractivity contribution is 9.10. The molecule has 4 nitrogen and oxygen atoms in total. The van der Waals surface area contributed by atoms with Gasteiger partial charge in [0.15, 0.2) is 0 Å². The van der Waals surface area contributed by atoms with Gasteiger partial charge in [0, 0.05) is 6.61 Å². The van der Waals surface area contributed by atoms with Crippen LogP contribution in [0.15, 0.2) is 22.8 Å². The number of pyridine rings is 1. The molecule has 1 atom stereocenters. The lowest BCUT2D eigenvalue weighted by Gasteiger charge is -2.20. The van der Waals surface area contributed by atoms with Crippen LogP contribution in [-0.2, 0) is 9.53 Å². The molecule has 0 bridgehead atoms. The van der Waals surface area contributed by atoms with Gasteiger partial charge in [-0.3, -0.25) is 4.79 Å². The topological polar surface area (TPSA) is 51.2 Å². The number of nitrogens with zero attached hydrogens (tertiary/aromatic N) is 1. The van der Waals surface area contributed by atoms with Crippen LogP contribution in [0.4, 0.5) is 5.82 Å². The summed E-state index contributed by atoms with van der Waals surface area (Å²) in [6, 6.07) is 5.43. The molecule has 2 heterocycles. The van der Waals surface area contributed by atoms with Gasteiger partial charge >= 0.3 is 0 Å². The monoisotopic (exact) mass is 284 g/mol. The summed E-state index contributed by atoms with van der Waals surface area (Å²) in [6.07, 6.45) is 1.84. The molecule has 1 aliphatic heterocycles. The van der Waals surface area contributed by atoms with E-state index < -0.39 is 0 Å². The molecule has 1 N–H and O–H groups in total. The maximum absolute atomic E-state index is 11.8. The van der Waals surface area contributed by atoms with Gasteiger partial charge in [-0.05, 0) is 40.9 Å². The number of halogens is 1. The fraction of sp³-hybridized carbons (Fsp3) is 0.455. The number of anilines is 1. The highest BCUT2D eigenvalue weighted by Crippen LogP contribution is 2.16. The molecular formula is C11H13BrN2O2. The third kappa shape index (κ3) is 3.02. The molecule has 0 unspecified atom stereocenters. The quantitative estimate of drug-likeness (QED) is 0.848.